The second kappa shape index (κ2) is 9.92. The number of pyridine rings is 1. The fraction of sp³-hybridized carbons (Fsp3) is 0.429. The number of hydrogen-bond donors (Lipinski definition) is 2. The summed E-state index contributed by atoms with van der Waals surface area (Å²) in [6, 6.07) is 16.2. The lowest BCUT2D eigenvalue weighted by molar-refractivity contribution is -0.125. The Kier molecular flexibility index (Phi) is 7.02. The highest BCUT2D eigenvalue weighted by Crippen LogP contribution is 2.20. The standard InChI is InChI=1S/C21H28N4O/c26-21(24-15-7-6-14-23-20-12-4-5-13-22-20)19-11-8-16-25(19)17-18-9-2-1-3-10-18/h1-5,9-10,12-13,19H,6-8,11,14-17H2,(H,22,23)(H,24,26). The van der Waals surface area contributed by atoms with E-state index in [-0.39, 0.29) is 11.9 Å². The topological polar surface area (TPSA) is 57.3 Å². The number of benzene rings is 1. The lowest BCUT2D eigenvalue weighted by Crippen LogP contribution is -2.43. The Labute approximate surface area is 155 Å². The van der Waals surface area contributed by atoms with Crippen molar-refractivity contribution in [3.63, 3.8) is 0 Å². The lowest BCUT2D eigenvalue weighted by atomic mass is 10.1. The smallest absolute Gasteiger partial charge is 0.237 e. The zero-order valence-corrected chi connectivity index (χ0v) is 15.2. The summed E-state index contributed by atoms with van der Waals surface area (Å²) in [7, 11) is 0. The van der Waals surface area contributed by atoms with Crippen LogP contribution in [0.3, 0.4) is 0 Å². The van der Waals surface area contributed by atoms with Crippen molar-refractivity contribution in [1.82, 2.24) is 15.2 Å². The largest absolute Gasteiger partial charge is 0.370 e. The van der Waals surface area contributed by atoms with Crippen molar-refractivity contribution in [1.29, 1.82) is 0 Å². The normalized spacial score (nSPS) is 17.2. The Morgan fingerprint density at radius 1 is 1.08 bits per heavy atom. The van der Waals surface area contributed by atoms with E-state index in [2.05, 4.69) is 44.8 Å². The average Bonchev–Trinajstić information content (AvgIpc) is 3.14. The van der Waals surface area contributed by atoms with Crippen molar-refractivity contribution in [2.75, 3.05) is 25.0 Å². The van der Waals surface area contributed by atoms with E-state index >= 15 is 0 Å². The minimum Gasteiger partial charge on any atom is -0.370 e. The molecule has 138 valence electrons. The van der Waals surface area contributed by atoms with Gasteiger partial charge in [-0.3, -0.25) is 9.69 Å². The zero-order chi connectivity index (χ0) is 18.0. The van der Waals surface area contributed by atoms with Crippen LogP contribution in [0.25, 0.3) is 0 Å². The van der Waals surface area contributed by atoms with Crippen LogP contribution in [-0.4, -0.2) is 41.5 Å². The van der Waals surface area contributed by atoms with Gasteiger partial charge < -0.3 is 10.6 Å². The Morgan fingerprint density at radius 3 is 2.69 bits per heavy atom. The molecule has 2 aromatic rings. The quantitative estimate of drug-likeness (QED) is 0.681. The molecule has 2 N–H and O–H groups in total. The molecule has 26 heavy (non-hydrogen) atoms. The summed E-state index contributed by atoms with van der Waals surface area (Å²) in [6.07, 6.45) is 5.82. The first kappa shape index (κ1) is 18.4. The van der Waals surface area contributed by atoms with E-state index in [0.29, 0.717) is 0 Å². The van der Waals surface area contributed by atoms with Crippen molar-refractivity contribution in [3.05, 3.63) is 60.3 Å². The number of unbranched alkanes of at least 4 members (excludes halogenated alkanes) is 1. The van der Waals surface area contributed by atoms with E-state index in [4.69, 9.17) is 0 Å². The minimum atomic E-state index is 0.0156. The summed E-state index contributed by atoms with van der Waals surface area (Å²) in [6.45, 7) is 3.46. The number of aromatic nitrogens is 1. The van der Waals surface area contributed by atoms with Crippen molar-refractivity contribution >= 4 is 11.7 Å². The number of rotatable bonds is 9. The Morgan fingerprint density at radius 2 is 1.88 bits per heavy atom. The van der Waals surface area contributed by atoms with E-state index in [1.165, 1.54) is 5.56 Å². The first-order chi connectivity index (χ1) is 12.8. The van der Waals surface area contributed by atoms with Gasteiger partial charge in [-0.1, -0.05) is 36.4 Å². The van der Waals surface area contributed by atoms with Crippen LogP contribution in [0.4, 0.5) is 5.82 Å². The van der Waals surface area contributed by atoms with Gasteiger partial charge in [0.05, 0.1) is 6.04 Å². The van der Waals surface area contributed by atoms with Gasteiger partial charge in [-0.15, -0.1) is 0 Å². The van der Waals surface area contributed by atoms with Crippen molar-refractivity contribution < 1.29 is 4.79 Å². The molecule has 1 aliphatic heterocycles. The number of nitrogens with one attached hydrogen (secondary N) is 2. The Hall–Kier alpha value is -2.40. The fourth-order valence-corrected chi connectivity index (χ4v) is 3.39. The van der Waals surface area contributed by atoms with Crippen LogP contribution < -0.4 is 10.6 Å². The number of anilines is 1. The number of carbonyl (C=O) groups excluding carboxylic acids is 1. The highest BCUT2D eigenvalue weighted by atomic mass is 16.2. The Balaban J connectivity index is 1.33. The first-order valence-electron chi connectivity index (χ1n) is 9.53. The molecule has 0 spiro atoms. The predicted octanol–water partition coefficient (Wildman–Crippen LogP) is 3.05. The fourth-order valence-electron chi connectivity index (χ4n) is 3.39. The molecule has 1 aromatic carbocycles. The molecule has 1 aliphatic rings. The van der Waals surface area contributed by atoms with E-state index in [1.54, 1.807) is 6.20 Å². The summed E-state index contributed by atoms with van der Waals surface area (Å²) in [5.74, 6) is 1.08. The average molecular weight is 352 g/mol. The number of amides is 1. The van der Waals surface area contributed by atoms with Gasteiger partial charge in [0.2, 0.25) is 5.91 Å². The SMILES string of the molecule is O=C(NCCCCNc1ccccn1)C1CCCN1Cc1ccccc1. The van der Waals surface area contributed by atoms with Crippen LogP contribution in [-0.2, 0) is 11.3 Å². The maximum absolute atomic E-state index is 12.5. The highest BCUT2D eigenvalue weighted by molar-refractivity contribution is 5.82. The van der Waals surface area contributed by atoms with Crippen LogP contribution in [0.15, 0.2) is 54.7 Å². The molecule has 2 heterocycles. The van der Waals surface area contributed by atoms with Gasteiger partial charge in [0.1, 0.15) is 5.82 Å². The second-order valence-corrected chi connectivity index (χ2v) is 6.75. The molecule has 1 fully saturated rings. The van der Waals surface area contributed by atoms with Gasteiger partial charge >= 0.3 is 0 Å². The number of likely N-dealkylation sites (tertiary alicyclic amines) is 1. The van der Waals surface area contributed by atoms with Crippen LogP contribution in [0.5, 0.6) is 0 Å². The molecule has 1 amide bonds. The molecule has 0 saturated carbocycles. The summed E-state index contributed by atoms with van der Waals surface area (Å²) < 4.78 is 0. The molecule has 5 nitrogen and oxygen atoms in total. The molecule has 1 aromatic heterocycles. The van der Waals surface area contributed by atoms with Gasteiger partial charge in [0.25, 0.3) is 0 Å². The molecule has 0 radical (unpaired) electrons. The molecule has 0 bridgehead atoms. The minimum absolute atomic E-state index is 0.0156. The van der Waals surface area contributed by atoms with E-state index in [9.17, 15) is 4.79 Å². The van der Waals surface area contributed by atoms with E-state index < -0.39 is 0 Å². The molecule has 3 rings (SSSR count). The number of carbonyl (C=O) groups is 1. The molecule has 0 aliphatic carbocycles. The van der Waals surface area contributed by atoms with Crippen LogP contribution in [0.2, 0.25) is 0 Å². The van der Waals surface area contributed by atoms with Crippen LogP contribution >= 0.6 is 0 Å². The van der Waals surface area contributed by atoms with Gasteiger partial charge in [-0.25, -0.2) is 4.98 Å². The third-order valence-electron chi connectivity index (χ3n) is 4.77. The summed E-state index contributed by atoms with van der Waals surface area (Å²) in [4.78, 5) is 19.1. The van der Waals surface area contributed by atoms with Gasteiger partial charge in [-0.2, -0.15) is 0 Å². The van der Waals surface area contributed by atoms with Gasteiger partial charge in [0, 0.05) is 25.8 Å². The summed E-state index contributed by atoms with van der Waals surface area (Å²) >= 11 is 0. The van der Waals surface area contributed by atoms with Crippen molar-refractivity contribution in [2.24, 2.45) is 0 Å². The number of nitrogens with zero attached hydrogens (tertiary/aromatic N) is 2. The second-order valence-electron chi connectivity index (χ2n) is 6.75. The van der Waals surface area contributed by atoms with E-state index in [1.807, 2.05) is 24.3 Å². The third-order valence-corrected chi connectivity index (χ3v) is 4.77. The van der Waals surface area contributed by atoms with Crippen LogP contribution in [0, 0.1) is 0 Å². The molecule has 1 unspecified atom stereocenters. The number of hydrogen-bond acceptors (Lipinski definition) is 4. The first-order valence-corrected chi connectivity index (χ1v) is 9.53. The van der Waals surface area contributed by atoms with Gasteiger partial charge in [0.15, 0.2) is 0 Å². The monoisotopic (exact) mass is 352 g/mol. The summed E-state index contributed by atoms with van der Waals surface area (Å²) in [5.41, 5.74) is 1.27. The van der Waals surface area contributed by atoms with E-state index in [0.717, 1.165) is 57.7 Å². The van der Waals surface area contributed by atoms with Gasteiger partial charge in [-0.05, 0) is 49.9 Å². The predicted molar refractivity (Wildman–Crippen MR) is 105 cm³/mol. The van der Waals surface area contributed by atoms with Crippen molar-refractivity contribution in [2.45, 2.75) is 38.3 Å². The zero-order valence-electron chi connectivity index (χ0n) is 15.2. The highest BCUT2D eigenvalue weighted by Gasteiger charge is 2.30. The maximum atomic E-state index is 12.5. The molecule has 1 saturated heterocycles. The molecule has 1 atom stereocenters. The summed E-state index contributed by atoms with van der Waals surface area (Å²) in [5, 5.41) is 6.41. The Bertz CT molecular complexity index is 662. The van der Waals surface area contributed by atoms with Crippen molar-refractivity contribution in [3.8, 4) is 0 Å². The maximum Gasteiger partial charge on any atom is 0.237 e. The van der Waals surface area contributed by atoms with Crippen LogP contribution in [0.1, 0.15) is 31.2 Å². The molecular weight excluding hydrogens is 324 g/mol. The molecular formula is C21H28N4O. The third kappa shape index (κ3) is 5.56. The molecule has 5 heteroatoms. The lowest BCUT2D eigenvalue weighted by Gasteiger charge is -2.23.